The van der Waals surface area contributed by atoms with Gasteiger partial charge in [0.25, 0.3) is 5.91 Å². The molecule has 3 N–H and O–H groups in total. The first kappa shape index (κ1) is 8.68. The Hall–Kier alpha value is -2.44. The molecule has 2 heterocycles. The molecule has 3 amide bonds. The Bertz CT molecular complexity index is 814. The van der Waals surface area contributed by atoms with Crippen LogP contribution < -0.4 is 11.1 Å². The van der Waals surface area contributed by atoms with Crippen LogP contribution in [0.4, 0.5) is 10.1 Å². The third-order valence-electron chi connectivity index (χ3n) is 3.19. The lowest BCUT2D eigenvalue weighted by molar-refractivity contribution is -0.136. The van der Waals surface area contributed by atoms with Gasteiger partial charge in [-0.2, -0.15) is 0 Å². The molecule has 7 heteroatoms. The Morgan fingerprint density at radius 3 is 2.90 bits per heavy atom. The fourth-order valence-electron chi connectivity index (χ4n) is 2.24. The lowest BCUT2D eigenvalue weighted by atomic mass is 10.0. The van der Waals surface area contributed by atoms with E-state index in [2.05, 4.69) is 0 Å². The minimum Gasteiger partial charge on any atom is -0.398 e. The van der Waals surface area contributed by atoms with Gasteiger partial charge in [0.1, 0.15) is 11.9 Å². The number of carbonyl (C=O) groups is 3. The van der Waals surface area contributed by atoms with E-state index in [1.165, 1.54) is 0 Å². The number of nitrogens with two attached hydrogens (primary N) is 1. The summed E-state index contributed by atoms with van der Waals surface area (Å²) in [5, 5.41) is 2.02. The number of hydrogen-bond acceptors (Lipinski definition) is 4. The second-order valence-corrected chi connectivity index (χ2v) is 4.48. The molecule has 0 radical (unpaired) electrons. The van der Waals surface area contributed by atoms with Crippen LogP contribution in [0, 0.1) is 5.82 Å². The Morgan fingerprint density at radius 1 is 1.45 bits per heavy atom. The fraction of sp³-hybridized carbons (Fsp3) is 0.308. The first-order chi connectivity index (χ1) is 11.1. The number of anilines is 1. The van der Waals surface area contributed by atoms with Crippen LogP contribution in [0.1, 0.15) is 34.2 Å². The SMILES string of the molecule is [2H]c1c(N)c2c(c([2H])c1F)C(=O)N([C@H]1CCC(=O)NC1=O)C2([2H])[2H]. The highest BCUT2D eigenvalue weighted by molar-refractivity contribution is 6.06. The quantitative estimate of drug-likeness (QED) is 0.567. The molecule has 1 aromatic carbocycles. The zero-order chi connectivity index (χ0) is 18.0. The van der Waals surface area contributed by atoms with Gasteiger partial charge in [-0.05, 0) is 18.5 Å². The van der Waals surface area contributed by atoms with Crippen LogP contribution in [-0.4, -0.2) is 28.7 Å². The summed E-state index contributed by atoms with van der Waals surface area (Å²) in [6.07, 6.45) is -0.193. The van der Waals surface area contributed by atoms with Gasteiger partial charge in [0, 0.05) is 29.7 Å². The van der Waals surface area contributed by atoms with Gasteiger partial charge in [-0.1, -0.05) is 0 Å². The van der Waals surface area contributed by atoms with E-state index in [9.17, 15) is 18.8 Å². The Balaban J connectivity index is 2.18. The monoisotopic (exact) mass is 281 g/mol. The van der Waals surface area contributed by atoms with Gasteiger partial charge < -0.3 is 10.6 Å². The highest BCUT2D eigenvalue weighted by atomic mass is 19.1. The lowest BCUT2D eigenvalue weighted by Gasteiger charge is -2.29. The van der Waals surface area contributed by atoms with E-state index < -0.39 is 65.0 Å². The molecule has 3 rings (SSSR count). The molecule has 0 saturated carbocycles. The van der Waals surface area contributed by atoms with Crippen molar-refractivity contribution in [2.45, 2.75) is 25.4 Å². The number of amides is 3. The van der Waals surface area contributed by atoms with Crippen molar-refractivity contribution in [1.29, 1.82) is 0 Å². The van der Waals surface area contributed by atoms with Gasteiger partial charge in [-0.25, -0.2) is 4.39 Å². The average Bonchev–Trinajstić information content (AvgIpc) is 2.70. The van der Waals surface area contributed by atoms with E-state index in [4.69, 9.17) is 11.2 Å². The summed E-state index contributed by atoms with van der Waals surface area (Å²) >= 11 is 0. The van der Waals surface area contributed by atoms with Crippen molar-refractivity contribution in [2.24, 2.45) is 0 Å². The Morgan fingerprint density at radius 2 is 2.20 bits per heavy atom. The summed E-state index contributed by atoms with van der Waals surface area (Å²) in [4.78, 5) is 36.4. The van der Waals surface area contributed by atoms with Gasteiger partial charge >= 0.3 is 0 Å². The van der Waals surface area contributed by atoms with Gasteiger partial charge in [0.15, 0.2) is 0 Å². The van der Waals surface area contributed by atoms with Crippen molar-refractivity contribution >= 4 is 23.4 Å². The number of carbonyl (C=O) groups excluding carboxylic acids is 3. The van der Waals surface area contributed by atoms with Crippen LogP contribution in [0.15, 0.2) is 12.1 Å². The van der Waals surface area contributed by atoms with Crippen molar-refractivity contribution in [3.05, 3.63) is 29.0 Å². The minimum atomic E-state index is -2.61. The van der Waals surface area contributed by atoms with E-state index in [1.54, 1.807) is 0 Å². The van der Waals surface area contributed by atoms with Gasteiger partial charge in [0.2, 0.25) is 11.8 Å². The normalized spacial score (nSPS) is 27.4. The molecule has 2 aliphatic heterocycles. The third kappa shape index (κ3) is 1.82. The summed E-state index contributed by atoms with van der Waals surface area (Å²) in [7, 11) is 0. The molecule has 1 aromatic rings. The number of nitrogens with one attached hydrogen (secondary N) is 1. The van der Waals surface area contributed by atoms with Gasteiger partial charge in [0.05, 0.1) is 5.48 Å². The van der Waals surface area contributed by atoms with E-state index in [-0.39, 0.29) is 12.8 Å². The predicted octanol–water partition coefficient (Wildman–Crippen LogP) is 0.169. The van der Waals surface area contributed by atoms with Crippen molar-refractivity contribution < 1.29 is 24.3 Å². The Kier molecular flexibility index (Phi) is 1.86. The van der Waals surface area contributed by atoms with Crippen molar-refractivity contribution in [2.75, 3.05) is 5.73 Å². The van der Waals surface area contributed by atoms with Crippen LogP contribution in [-0.2, 0) is 16.1 Å². The van der Waals surface area contributed by atoms with Gasteiger partial charge in [-0.3, -0.25) is 19.7 Å². The molecule has 20 heavy (non-hydrogen) atoms. The number of nitrogens with zero attached hydrogens (tertiary/aromatic N) is 1. The average molecular weight is 281 g/mol. The summed E-state index contributed by atoms with van der Waals surface area (Å²) < 4.78 is 45.5. The molecule has 0 unspecified atom stereocenters. The van der Waals surface area contributed by atoms with E-state index >= 15 is 0 Å². The molecule has 0 aliphatic carbocycles. The molecule has 1 saturated heterocycles. The smallest absolute Gasteiger partial charge is 0.255 e. The van der Waals surface area contributed by atoms with Crippen LogP contribution in [0.2, 0.25) is 0 Å². The number of rotatable bonds is 1. The number of halogens is 1. The number of nitrogen functional groups attached to an aromatic ring is 1. The molecule has 6 nitrogen and oxygen atoms in total. The first-order valence-corrected chi connectivity index (χ1v) is 5.85. The molecular weight excluding hydrogens is 265 g/mol. The number of benzene rings is 1. The lowest BCUT2D eigenvalue weighted by Crippen LogP contribution is -2.52. The summed E-state index contributed by atoms with van der Waals surface area (Å²) in [6.45, 7) is -2.61. The molecular formula is C13H12FN3O3. The van der Waals surface area contributed by atoms with E-state index in [0.717, 1.165) is 0 Å². The van der Waals surface area contributed by atoms with Gasteiger partial charge in [-0.15, -0.1) is 0 Å². The zero-order valence-electron chi connectivity index (χ0n) is 14.1. The number of hydrogen-bond donors (Lipinski definition) is 2. The topological polar surface area (TPSA) is 92.5 Å². The van der Waals surface area contributed by atoms with E-state index in [0.29, 0.717) is 4.90 Å². The second-order valence-electron chi connectivity index (χ2n) is 4.48. The zero-order valence-corrected chi connectivity index (χ0v) is 10.1. The highest BCUT2D eigenvalue weighted by Crippen LogP contribution is 2.31. The third-order valence-corrected chi connectivity index (χ3v) is 3.19. The molecule has 0 aromatic heterocycles. The van der Waals surface area contributed by atoms with Crippen LogP contribution >= 0.6 is 0 Å². The fourth-order valence-corrected chi connectivity index (χ4v) is 2.24. The minimum absolute atomic E-state index is 0.0894. The maximum absolute atomic E-state index is 13.9. The Labute approximate surface area is 119 Å². The van der Waals surface area contributed by atoms with Crippen LogP contribution in [0.25, 0.3) is 0 Å². The van der Waals surface area contributed by atoms with Crippen molar-refractivity contribution in [3.63, 3.8) is 0 Å². The first-order valence-electron chi connectivity index (χ1n) is 7.85. The summed E-state index contributed by atoms with van der Waals surface area (Å²) in [6, 6.07) is -3.11. The highest BCUT2D eigenvalue weighted by Gasteiger charge is 2.39. The van der Waals surface area contributed by atoms with E-state index in [1.807, 2.05) is 5.32 Å². The summed E-state index contributed by atoms with van der Waals surface area (Å²) in [5.41, 5.74) is 3.92. The molecule has 104 valence electrons. The second kappa shape index (κ2) is 4.29. The maximum Gasteiger partial charge on any atom is 0.255 e. The largest absolute Gasteiger partial charge is 0.398 e. The molecule has 2 aliphatic rings. The predicted molar refractivity (Wildman–Crippen MR) is 66.9 cm³/mol. The maximum atomic E-state index is 13.9. The standard InChI is InChI=1S/C13H12FN3O3/c14-6-3-7-8(9(15)4-6)5-17(13(7)20)10-1-2-11(18)16-12(10)19/h3-4,10H,1-2,5,15H2,(H,16,18,19)/t10-/m0/s1/i3D,4D,5D2. The molecule has 0 spiro atoms. The summed E-state index contributed by atoms with van der Waals surface area (Å²) in [5.74, 6) is -3.80. The van der Waals surface area contributed by atoms with Crippen molar-refractivity contribution in [1.82, 2.24) is 10.2 Å². The van der Waals surface area contributed by atoms with Crippen LogP contribution in [0.3, 0.4) is 0 Å². The number of imide groups is 1. The van der Waals surface area contributed by atoms with Crippen LogP contribution in [0.5, 0.6) is 0 Å². The molecule has 1 atom stereocenters. The number of fused-ring (bicyclic) bond motifs is 1. The number of piperidine rings is 1. The molecule has 0 bridgehead atoms. The van der Waals surface area contributed by atoms with Crippen molar-refractivity contribution in [3.8, 4) is 0 Å². The molecule has 1 fully saturated rings.